The van der Waals surface area contributed by atoms with Crippen LogP contribution in [0.5, 0.6) is 0 Å². The van der Waals surface area contributed by atoms with Crippen molar-refractivity contribution in [3.63, 3.8) is 0 Å². The Balaban J connectivity index is 1.78. The van der Waals surface area contributed by atoms with Gasteiger partial charge >= 0.3 is 6.18 Å². The number of fused-ring (bicyclic) bond motifs is 5. The molecule has 0 fully saturated rings. The van der Waals surface area contributed by atoms with Gasteiger partial charge < -0.3 is 24.2 Å². The number of nitrogens with zero attached hydrogens (tertiary/aromatic N) is 3. The van der Waals surface area contributed by atoms with Gasteiger partial charge in [0.15, 0.2) is 0 Å². The van der Waals surface area contributed by atoms with Crippen LogP contribution in [-0.2, 0) is 23.2 Å². The Hall–Kier alpha value is -3.37. The van der Waals surface area contributed by atoms with Crippen molar-refractivity contribution in [3.8, 4) is 11.1 Å². The summed E-state index contributed by atoms with van der Waals surface area (Å²) < 4.78 is 46.4. The molecule has 2 heterocycles. The van der Waals surface area contributed by atoms with Crippen LogP contribution in [0.15, 0.2) is 48.5 Å². The number of alkyl halides is 3. The maximum atomic E-state index is 14.3. The van der Waals surface area contributed by atoms with Crippen LogP contribution in [-0.4, -0.2) is 76.4 Å². The summed E-state index contributed by atoms with van der Waals surface area (Å²) in [5.41, 5.74) is 3.86. The molecule has 0 saturated heterocycles. The average Bonchev–Trinajstić information content (AvgIpc) is 3.22. The van der Waals surface area contributed by atoms with E-state index in [1.165, 1.54) is 11.9 Å². The van der Waals surface area contributed by atoms with Crippen LogP contribution in [0.25, 0.3) is 22.0 Å². The number of ether oxygens (including phenoxy) is 1. The van der Waals surface area contributed by atoms with Crippen LogP contribution in [0.1, 0.15) is 42.7 Å². The molecule has 2 aromatic carbocycles. The lowest BCUT2D eigenvalue weighted by Crippen LogP contribution is -2.48. The second-order valence-electron chi connectivity index (χ2n) is 10.7. The maximum Gasteiger partial charge on any atom is 0.389 e. The Bertz CT molecular complexity index is 1370. The van der Waals surface area contributed by atoms with Gasteiger partial charge in [0.2, 0.25) is 5.91 Å². The van der Waals surface area contributed by atoms with Gasteiger partial charge in [0.1, 0.15) is 5.69 Å². The number of aryl methyl sites for hydroxylation is 1. The third-order valence-corrected chi connectivity index (χ3v) is 7.73. The summed E-state index contributed by atoms with van der Waals surface area (Å²) >= 11 is 0. The number of hydrogen-bond donors (Lipinski definition) is 1. The molecule has 1 N–H and O–H groups in total. The largest absolute Gasteiger partial charge is 0.394 e. The molecule has 1 aromatic heterocycles. The lowest BCUT2D eigenvalue weighted by molar-refractivity contribution is -0.149. The Kier molecular flexibility index (Phi) is 8.90. The molecule has 4 rings (SSSR count). The fraction of sp³-hybridized carbons (Fsp3) is 0.467. The zero-order chi connectivity index (χ0) is 29.2. The van der Waals surface area contributed by atoms with E-state index in [1.807, 2.05) is 67.1 Å². The molecule has 3 atom stereocenters. The van der Waals surface area contributed by atoms with Gasteiger partial charge in [0, 0.05) is 56.0 Å². The van der Waals surface area contributed by atoms with Gasteiger partial charge in [0.25, 0.3) is 5.91 Å². The van der Waals surface area contributed by atoms with E-state index < -0.39 is 37.1 Å². The summed E-state index contributed by atoms with van der Waals surface area (Å²) in [4.78, 5) is 29.7. The van der Waals surface area contributed by atoms with E-state index in [-0.39, 0.29) is 38.1 Å². The summed E-state index contributed by atoms with van der Waals surface area (Å²) in [5.74, 6) is -1.18. The van der Waals surface area contributed by atoms with E-state index in [1.54, 1.807) is 11.8 Å². The van der Waals surface area contributed by atoms with Crippen molar-refractivity contribution in [2.45, 2.75) is 51.6 Å². The number of rotatable bonds is 6. The minimum absolute atomic E-state index is 0.0610. The molecule has 216 valence electrons. The number of aliphatic hydroxyl groups excluding tert-OH is 1. The Morgan fingerprint density at radius 1 is 1.18 bits per heavy atom. The van der Waals surface area contributed by atoms with Crippen LogP contribution in [0.3, 0.4) is 0 Å². The SMILES string of the molecule is C[C@H](CO)N1C[C@H](C)[C@H](CN(C)C(=O)CCC(F)(F)F)OCc2ccccc2-c2c(n(C)c3ccccc23)C1=O. The fourth-order valence-corrected chi connectivity index (χ4v) is 5.34. The van der Waals surface area contributed by atoms with E-state index >= 15 is 0 Å². The van der Waals surface area contributed by atoms with E-state index in [4.69, 9.17) is 4.74 Å². The van der Waals surface area contributed by atoms with Crippen LogP contribution in [0.4, 0.5) is 13.2 Å². The van der Waals surface area contributed by atoms with E-state index in [0.29, 0.717) is 5.69 Å². The molecule has 1 aliphatic heterocycles. The van der Waals surface area contributed by atoms with Crippen molar-refractivity contribution in [1.82, 2.24) is 14.4 Å². The van der Waals surface area contributed by atoms with Gasteiger partial charge in [-0.05, 0) is 24.1 Å². The maximum absolute atomic E-state index is 14.3. The van der Waals surface area contributed by atoms with Crippen molar-refractivity contribution < 1.29 is 32.6 Å². The van der Waals surface area contributed by atoms with Crippen molar-refractivity contribution in [2.75, 3.05) is 26.7 Å². The van der Waals surface area contributed by atoms with Gasteiger partial charge in [-0.1, -0.05) is 49.4 Å². The molecule has 0 radical (unpaired) electrons. The smallest absolute Gasteiger partial charge is 0.389 e. The van der Waals surface area contributed by atoms with Crippen LogP contribution < -0.4 is 0 Å². The van der Waals surface area contributed by atoms with Gasteiger partial charge in [-0.15, -0.1) is 0 Å². The highest BCUT2D eigenvalue weighted by Gasteiger charge is 2.34. The van der Waals surface area contributed by atoms with Crippen LogP contribution >= 0.6 is 0 Å². The number of aromatic nitrogens is 1. The third-order valence-electron chi connectivity index (χ3n) is 7.73. The number of benzene rings is 2. The molecule has 0 bridgehead atoms. The lowest BCUT2D eigenvalue weighted by atomic mass is 9.96. The number of amides is 2. The van der Waals surface area contributed by atoms with Gasteiger partial charge in [-0.25, -0.2) is 0 Å². The van der Waals surface area contributed by atoms with Gasteiger partial charge in [-0.2, -0.15) is 13.2 Å². The molecule has 3 aromatic rings. The first-order valence-electron chi connectivity index (χ1n) is 13.4. The number of carbonyl (C=O) groups is 2. The van der Waals surface area contributed by atoms with Crippen LogP contribution in [0, 0.1) is 5.92 Å². The zero-order valence-electron chi connectivity index (χ0n) is 23.2. The molecule has 7 nitrogen and oxygen atoms in total. The highest BCUT2D eigenvalue weighted by Crippen LogP contribution is 2.38. The molecule has 0 saturated carbocycles. The highest BCUT2D eigenvalue weighted by molar-refractivity contribution is 6.10. The Labute approximate surface area is 232 Å². The van der Waals surface area contributed by atoms with E-state index in [0.717, 1.165) is 27.6 Å². The van der Waals surface area contributed by atoms with Crippen molar-refractivity contribution in [3.05, 3.63) is 59.8 Å². The summed E-state index contributed by atoms with van der Waals surface area (Å²) in [6, 6.07) is 14.9. The number of carbonyl (C=O) groups excluding carboxylic acids is 2. The van der Waals surface area contributed by atoms with E-state index in [9.17, 15) is 27.9 Å². The molecule has 0 aliphatic carbocycles. The monoisotopic (exact) mass is 559 g/mol. The first kappa shape index (κ1) is 29.6. The second kappa shape index (κ2) is 12.0. The summed E-state index contributed by atoms with van der Waals surface area (Å²) in [6.07, 6.45) is -6.82. The third kappa shape index (κ3) is 6.18. The minimum Gasteiger partial charge on any atom is -0.394 e. The first-order valence-corrected chi connectivity index (χ1v) is 13.4. The Morgan fingerprint density at radius 3 is 2.55 bits per heavy atom. The fourth-order valence-electron chi connectivity index (χ4n) is 5.34. The van der Waals surface area contributed by atoms with Crippen LogP contribution in [0.2, 0.25) is 0 Å². The van der Waals surface area contributed by atoms with Crippen molar-refractivity contribution >= 4 is 22.7 Å². The number of aliphatic hydroxyl groups is 1. The van der Waals surface area contributed by atoms with Crippen molar-refractivity contribution in [2.24, 2.45) is 13.0 Å². The molecular weight excluding hydrogens is 523 g/mol. The summed E-state index contributed by atoms with van der Waals surface area (Å²) in [7, 11) is 3.32. The Morgan fingerprint density at radius 2 is 1.85 bits per heavy atom. The predicted octanol–water partition coefficient (Wildman–Crippen LogP) is 5.00. The second-order valence-corrected chi connectivity index (χ2v) is 10.7. The van der Waals surface area contributed by atoms with Gasteiger partial charge in [-0.3, -0.25) is 9.59 Å². The molecule has 0 unspecified atom stereocenters. The zero-order valence-corrected chi connectivity index (χ0v) is 23.2. The number of para-hydroxylation sites is 1. The quantitative estimate of drug-likeness (QED) is 0.461. The normalized spacial score (nSPS) is 19.1. The predicted molar refractivity (Wildman–Crippen MR) is 147 cm³/mol. The summed E-state index contributed by atoms with van der Waals surface area (Å²) in [5, 5.41) is 11.0. The number of hydrogen-bond acceptors (Lipinski definition) is 4. The summed E-state index contributed by atoms with van der Waals surface area (Å²) in [6.45, 7) is 3.86. The van der Waals surface area contributed by atoms with Crippen molar-refractivity contribution in [1.29, 1.82) is 0 Å². The molecule has 1 aliphatic rings. The molecule has 10 heteroatoms. The minimum atomic E-state index is -4.42. The number of halogens is 3. The highest BCUT2D eigenvalue weighted by atomic mass is 19.4. The van der Waals surface area contributed by atoms with E-state index in [2.05, 4.69) is 0 Å². The molecule has 0 spiro atoms. The molecule has 40 heavy (non-hydrogen) atoms. The topological polar surface area (TPSA) is 75.0 Å². The first-order chi connectivity index (χ1) is 18.9. The lowest BCUT2D eigenvalue weighted by Gasteiger charge is -2.35. The number of likely N-dealkylation sites (N-methyl/N-ethyl adjacent to an activating group) is 1. The van der Waals surface area contributed by atoms with Gasteiger partial charge in [0.05, 0.1) is 31.8 Å². The molecule has 2 amide bonds. The standard InChI is InChI=1S/C30H36F3N3O4/c1-19-15-36(20(2)17-37)29(39)28-27(23-11-7-8-12-24(23)35(28)4)22-10-6-5-9-21(22)18-40-25(19)16-34(3)26(38)13-14-30(31,32)33/h5-12,19-20,25,37H,13-18H2,1-4H3/t19-,20+,25-/m0/s1. The average molecular weight is 560 g/mol. The molecular formula is C30H36F3N3O4.